The van der Waals surface area contributed by atoms with Crippen LogP contribution in [0.15, 0.2) is 35.4 Å². The summed E-state index contributed by atoms with van der Waals surface area (Å²) in [5, 5.41) is 4.12. The van der Waals surface area contributed by atoms with Crippen LogP contribution in [-0.2, 0) is 0 Å². The minimum atomic E-state index is 0.0767. The Morgan fingerprint density at radius 2 is 2.05 bits per heavy atom. The minimum Gasteiger partial charge on any atom is -0.336 e. The van der Waals surface area contributed by atoms with Crippen molar-refractivity contribution in [3.05, 3.63) is 36.0 Å². The van der Waals surface area contributed by atoms with E-state index in [1.807, 2.05) is 29.2 Å². The van der Waals surface area contributed by atoms with Crippen LogP contribution in [0.4, 0.5) is 0 Å². The normalized spacial score (nSPS) is 15.7. The molecule has 2 heterocycles. The third-order valence-corrected chi connectivity index (χ3v) is 3.74. The molecule has 0 aliphatic carbocycles. The zero-order valence-corrected chi connectivity index (χ0v) is 11.4. The van der Waals surface area contributed by atoms with Crippen LogP contribution in [0.3, 0.4) is 0 Å². The van der Waals surface area contributed by atoms with Gasteiger partial charge in [-0.1, -0.05) is 6.07 Å². The summed E-state index contributed by atoms with van der Waals surface area (Å²) in [6.07, 6.45) is 1.72. The quantitative estimate of drug-likeness (QED) is 0.775. The molecule has 1 aliphatic rings. The zero-order chi connectivity index (χ0) is 13.2. The van der Waals surface area contributed by atoms with Crippen molar-refractivity contribution in [2.24, 2.45) is 0 Å². The summed E-state index contributed by atoms with van der Waals surface area (Å²) in [6.45, 7) is 3.21. The van der Waals surface area contributed by atoms with Crippen LogP contribution in [-0.4, -0.2) is 42.0 Å². The molecule has 4 nitrogen and oxygen atoms in total. The second-order valence-electron chi connectivity index (χ2n) is 4.57. The second kappa shape index (κ2) is 5.19. The van der Waals surface area contributed by atoms with Crippen LogP contribution in [0.1, 0.15) is 10.4 Å². The van der Waals surface area contributed by atoms with Crippen LogP contribution in [0.2, 0.25) is 0 Å². The number of nitrogens with one attached hydrogen (secondary N) is 1. The maximum absolute atomic E-state index is 12.6. The summed E-state index contributed by atoms with van der Waals surface area (Å²) < 4.78 is 0. The van der Waals surface area contributed by atoms with E-state index in [0.29, 0.717) is 5.56 Å². The van der Waals surface area contributed by atoms with E-state index >= 15 is 0 Å². The van der Waals surface area contributed by atoms with Crippen molar-refractivity contribution in [3.63, 3.8) is 0 Å². The molecule has 0 saturated carbocycles. The van der Waals surface area contributed by atoms with Crippen LogP contribution < -0.4 is 5.32 Å². The standard InChI is InChI=1S/C14H15N3OS/c18-14(17-8-6-15-7-9-17)11-3-4-12(19)13-10(11)2-1-5-16-13/h1-5,15,19H,6-9H2. The highest BCUT2D eigenvalue weighted by Gasteiger charge is 2.20. The fraction of sp³-hybridized carbons (Fsp3) is 0.286. The molecule has 98 valence electrons. The molecule has 5 heteroatoms. The van der Waals surface area contributed by atoms with Gasteiger partial charge in [0.25, 0.3) is 5.91 Å². The first-order chi connectivity index (χ1) is 9.27. The molecule has 2 aromatic rings. The Labute approximate surface area is 117 Å². The van der Waals surface area contributed by atoms with Crippen molar-refractivity contribution in [2.75, 3.05) is 26.2 Å². The monoisotopic (exact) mass is 273 g/mol. The lowest BCUT2D eigenvalue weighted by Crippen LogP contribution is -2.46. The van der Waals surface area contributed by atoms with Gasteiger partial charge >= 0.3 is 0 Å². The Balaban J connectivity index is 2.05. The van der Waals surface area contributed by atoms with E-state index in [1.165, 1.54) is 0 Å². The Hall–Kier alpha value is -1.59. The van der Waals surface area contributed by atoms with E-state index in [0.717, 1.165) is 42.0 Å². The summed E-state index contributed by atoms with van der Waals surface area (Å²) in [5.41, 5.74) is 1.50. The highest BCUT2D eigenvalue weighted by Crippen LogP contribution is 2.24. The molecule has 1 aromatic carbocycles. The summed E-state index contributed by atoms with van der Waals surface area (Å²) in [5.74, 6) is 0.0767. The lowest BCUT2D eigenvalue weighted by molar-refractivity contribution is 0.0738. The van der Waals surface area contributed by atoms with Crippen molar-refractivity contribution < 1.29 is 4.79 Å². The summed E-state index contributed by atoms with van der Waals surface area (Å²) >= 11 is 4.40. The predicted octanol–water partition coefficient (Wildman–Crippen LogP) is 1.57. The van der Waals surface area contributed by atoms with Gasteiger partial charge < -0.3 is 10.2 Å². The number of hydrogen-bond acceptors (Lipinski definition) is 4. The highest BCUT2D eigenvalue weighted by molar-refractivity contribution is 7.80. The Kier molecular flexibility index (Phi) is 3.40. The summed E-state index contributed by atoms with van der Waals surface area (Å²) in [4.78, 5) is 19.6. The SMILES string of the molecule is O=C(c1ccc(S)c2ncccc12)N1CCNCC1. The number of nitrogens with zero attached hydrogens (tertiary/aromatic N) is 2. The van der Waals surface area contributed by atoms with Crippen LogP contribution in [0.25, 0.3) is 10.9 Å². The van der Waals surface area contributed by atoms with Gasteiger partial charge in [-0.25, -0.2) is 0 Å². The van der Waals surface area contributed by atoms with Gasteiger partial charge in [0, 0.05) is 48.2 Å². The molecule has 1 fully saturated rings. The lowest BCUT2D eigenvalue weighted by Gasteiger charge is -2.27. The van der Waals surface area contributed by atoms with E-state index in [2.05, 4.69) is 22.9 Å². The average Bonchev–Trinajstić information content (AvgIpc) is 2.48. The van der Waals surface area contributed by atoms with Crippen LogP contribution >= 0.6 is 12.6 Å². The number of thiol groups is 1. The molecule has 1 aromatic heterocycles. The van der Waals surface area contributed by atoms with E-state index in [9.17, 15) is 4.79 Å². The number of carbonyl (C=O) groups is 1. The maximum Gasteiger partial charge on any atom is 0.254 e. The number of hydrogen-bond donors (Lipinski definition) is 2. The topological polar surface area (TPSA) is 45.2 Å². The molecule has 0 bridgehead atoms. The fourth-order valence-corrected chi connectivity index (χ4v) is 2.64. The largest absolute Gasteiger partial charge is 0.336 e. The second-order valence-corrected chi connectivity index (χ2v) is 5.06. The first-order valence-corrected chi connectivity index (χ1v) is 6.79. The lowest BCUT2D eigenvalue weighted by atomic mass is 10.1. The molecule has 0 unspecified atom stereocenters. The molecule has 0 atom stereocenters. The molecule has 0 spiro atoms. The van der Waals surface area contributed by atoms with Gasteiger partial charge in [0.15, 0.2) is 0 Å². The first kappa shape index (κ1) is 12.4. The number of piperazine rings is 1. The van der Waals surface area contributed by atoms with E-state index in [4.69, 9.17) is 0 Å². The molecule has 1 N–H and O–H groups in total. The van der Waals surface area contributed by atoms with Gasteiger partial charge in [-0.3, -0.25) is 9.78 Å². The number of carbonyl (C=O) groups excluding carboxylic acids is 1. The number of aromatic nitrogens is 1. The van der Waals surface area contributed by atoms with Crippen molar-refractivity contribution in [1.29, 1.82) is 0 Å². The van der Waals surface area contributed by atoms with Gasteiger partial charge in [-0.15, -0.1) is 12.6 Å². The van der Waals surface area contributed by atoms with Gasteiger partial charge in [-0.05, 0) is 18.2 Å². The van der Waals surface area contributed by atoms with Crippen LogP contribution in [0, 0.1) is 0 Å². The highest BCUT2D eigenvalue weighted by atomic mass is 32.1. The zero-order valence-electron chi connectivity index (χ0n) is 10.5. The molecule has 1 amide bonds. The Bertz CT molecular complexity index is 623. The van der Waals surface area contributed by atoms with Crippen molar-refractivity contribution in [3.8, 4) is 0 Å². The molecule has 3 rings (SSSR count). The van der Waals surface area contributed by atoms with Gasteiger partial charge in [0.05, 0.1) is 5.52 Å². The van der Waals surface area contributed by atoms with Gasteiger partial charge in [-0.2, -0.15) is 0 Å². The number of benzene rings is 1. The molecular weight excluding hydrogens is 258 g/mol. The molecule has 0 radical (unpaired) electrons. The van der Waals surface area contributed by atoms with Crippen molar-refractivity contribution >= 4 is 29.4 Å². The third-order valence-electron chi connectivity index (χ3n) is 3.38. The number of pyridine rings is 1. The third kappa shape index (κ3) is 2.31. The van der Waals surface area contributed by atoms with Crippen LogP contribution in [0.5, 0.6) is 0 Å². The maximum atomic E-state index is 12.6. The van der Waals surface area contributed by atoms with E-state index in [-0.39, 0.29) is 5.91 Å². The number of fused-ring (bicyclic) bond motifs is 1. The first-order valence-electron chi connectivity index (χ1n) is 6.34. The van der Waals surface area contributed by atoms with E-state index in [1.54, 1.807) is 6.20 Å². The summed E-state index contributed by atoms with van der Waals surface area (Å²) in [6, 6.07) is 7.46. The van der Waals surface area contributed by atoms with Gasteiger partial charge in [0.1, 0.15) is 0 Å². The molecular formula is C14H15N3OS. The average molecular weight is 273 g/mol. The number of amides is 1. The Morgan fingerprint density at radius 1 is 1.26 bits per heavy atom. The predicted molar refractivity (Wildman–Crippen MR) is 77.8 cm³/mol. The molecule has 1 aliphatic heterocycles. The summed E-state index contributed by atoms with van der Waals surface area (Å²) in [7, 11) is 0. The Morgan fingerprint density at radius 3 is 2.84 bits per heavy atom. The van der Waals surface area contributed by atoms with Crippen molar-refractivity contribution in [1.82, 2.24) is 15.2 Å². The minimum absolute atomic E-state index is 0.0767. The smallest absolute Gasteiger partial charge is 0.254 e. The fourth-order valence-electron chi connectivity index (χ4n) is 2.38. The molecule has 1 saturated heterocycles. The molecule has 19 heavy (non-hydrogen) atoms. The number of rotatable bonds is 1. The van der Waals surface area contributed by atoms with E-state index < -0.39 is 0 Å². The van der Waals surface area contributed by atoms with Gasteiger partial charge in [0.2, 0.25) is 0 Å². The van der Waals surface area contributed by atoms with Crippen molar-refractivity contribution in [2.45, 2.75) is 4.90 Å².